The van der Waals surface area contributed by atoms with Crippen molar-refractivity contribution < 1.29 is 0 Å². The van der Waals surface area contributed by atoms with E-state index in [2.05, 4.69) is 68.7 Å². The molecule has 2 aliphatic rings. The molecule has 2 aliphatic carbocycles. The molecule has 0 nitrogen and oxygen atoms in total. The summed E-state index contributed by atoms with van der Waals surface area (Å²) < 4.78 is 0. The van der Waals surface area contributed by atoms with Crippen molar-refractivity contribution in [2.45, 2.75) is 57.8 Å². The van der Waals surface area contributed by atoms with Gasteiger partial charge in [0.05, 0.1) is 0 Å². The van der Waals surface area contributed by atoms with Crippen molar-refractivity contribution in [3.05, 3.63) is 53.5 Å². The lowest BCUT2D eigenvalue weighted by Crippen LogP contribution is -2.44. The van der Waals surface area contributed by atoms with E-state index in [1.54, 1.807) is 5.57 Å². The summed E-state index contributed by atoms with van der Waals surface area (Å²) in [6.45, 7) is 7.49. The lowest BCUT2D eigenvalue weighted by molar-refractivity contribution is 0.0173. The molecular formula is C21H28S. The molecule has 22 heavy (non-hydrogen) atoms. The highest BCUT2D eigenvalue weighted by Crippen LogP contribution is 2.58. The summed E-state index contributed by atoms with van der Waals surface area (Å²) in [5.41, 5.74) is 2.46. The average Bonchev–Trinajstić information content (AvgIpc) is 2.49. The molecule has 0 unspecified atom stereocenters. The Morgan fingerprint density at radius 2 is 1.86 bits per heavy atom. The molecule has 0 amide bonds. The highest BCUT2D eigenvalue weighted by atomic mass is 32.2. The third kappa shape index (κ3) is 3.06. The van der Waals surface area contributed by atoms with Gasteiger partial charge in [0.1, 0.15) is 0 Å². The Kier molecular flexibility index (Phi) is 4.54. The Bertz CT molecular complexity index is 567. The molecule has 1 saturated carbocycles. The van der Waals surface area contributed by atoms with Crippen molar-refractivity contribution in [3.63, 3.8) is 0 Å². The van der Waals surface area contributed by atoms with E-state index in [4.69, 9.17) is 0 Å². The molecule has 3 rings (SSSR count). The zero-order valence-electron chi connectivity index (χ0n) is 14.1. The van der Waals surface area contributed by atoms with Gasteiger partial charge >= 0.3 is 0 Å². The fourth-order valence-electron chi connectivity index (χ4n) is 4.76. The monoisotopic (exact) mass is 312 g/mol. The number of thioether (sulfide) groups is 1. The minimum Gasteiger partial charge on any atom is -0.0981 e. The van der Waals surface area contributed by atoms with Crippen LogP contribution in [-0.2, 0) is 0 Å². The van der Waals surface area contributed by atoms with Gasteiger partial charge in [-0.3, -0.25) is 0 Å². The topological polar surface area (TPSA) is 0 Å². The van der Waals surface area contributed by atoms with Gasteiger partial charge in [0.2, 0.25) is 0 Å². The maximum Gasteiger partial charge on any atom is 0.0116 e. The summed E-state index contributed by atoms with van der Waals surface area (Å²) >= 11 is 1.83. The highest BCUT2D eigenvalue weighted by molar-refractivity contribution is 8.02. The van der Waals surface area contributed by atoms with Crippen molar-refractivity contribution in [2.24, 2.45) is 16.7 Å². The van der Waals surface area contributed by atoms with Crippen LogP contribution in [0, 0.1) is 16.7 Å². The number of allylic oxidation sites excluding steroid dienone is 3. The SMILES string of the molecule is CC1(C)CCC[C@@]2(C)C(C=CSc3ccccc3)=CCC[C@H]12. The summed E-state index contributed by atoms with van der Waals surface area (Å²) in [6.07, 6.45) is 11.6. The smallest absolute Gasteiger partial charge is 0.0116 e. The first-order valence-corrected chi connectivity index (χ1v) is 9.49. The third-order valence-corrected chi connectivity index (χ3v) is 6.72. The standard InChI is InChI=1S/C21H28S/c1-20(2)14-8-15-21(3)17(9-7-12-19(20)21)13-16-22-18-10-5-4-6-11-18/h4-6,9-11,13,16,19H,7-8,12,14-15H2,1-3H3/t19-,21+/m1/s1. The summed E-state index contributed by atoms with van der Waals surface area (Å²) in [5.74, 6) is 0.833. The van der Waals surface area contributed by atoms with Crippen molar-refractivity contribution in [2.75, 3.05) is 0 Å². The predicted molar refractivity (Wildman–Crippen MR) is 98.0 cm³/mol. The lowest BCUT2D eigenvalue weighted by Gasteiger charge is -2.53. The maximum absolute atomic E-state index is 2.51. The van der Waals surface area contributed by atoms with Crippen LogP contribution in [0.2, 0.25) is 0 Å². The first-order chi connectivity index (χ1) is 10.5. The van der Waals surface area contributed by atoms with Crippen LogP contribution < -0.4 is 0 Å². The van der Waals surface area contributed by atoms with Crippen molar-refractivity contribution in [1.29, 1.82) is 0 Å². The molecule has 0 spiro atoms. The largest absolute Gasteiger partial charge is 0.0981 e. The highest BCUT2D eigenvalue weighted by Gasteiger charge is 2.48. The van der Waals surface area contributed by atoms with Gasteiger partial charge in [-0.1, -0.05) is 69.3 Å². The lowest BCUT2D eigenvalue weighted by atomic mass is 9.51. The molecule has 118 valence electrons. The van der Waals surface area contributed by atoms with Gasteiger partial charge in [-0.2, -0.15) is 0 Å². The van der Waals surface area contributed by atoms with Crippen molar-refractivity contribution >= 4 is 11.8 Å². The molecule has 0 N–H and O–H groups in total. The normalized spacial score (nSPS) is 30.9. The van der Waals surface area contributed by atoms with Crippen LogP contribution in [0.1, 0.15) is 52.9 Å². The van der Waals surface area contributed by atoms with Gasteiger partial charge in [-0.05, 0) is 65.5 Å². The molecule has 0 radical (unpaired) electrons. The predicted octanol–water partition coefficient (Wildman–Crippen LogP) is 6.85. The Morgan fingerprint density at radius 3 is 2.64 bits per heavy atom. The molecule has 0 bridgehead atoms. The maximum atomic E-state index is 2.51. The zero-order valence-corrected chi connectivity index (χ0v) is 15.0. The van der Waals surface area contributed by atoms with E-state index in [1.807, 2.05) is 11.8 Å². The summed E-state index contributed by atoms with van der Waals surface area (Å²) in [4.78, 5) is 1.32. The molecule has 1 fully saturated rings. The summed E-state index contributed by atoms with van der Waals surface area (Å²) in [7, 11) is 0. The summed E-state index contributed by atoms with van der Waals surface area (Å²) in [6, 6.07) is 10.7. The Morgan fingerprint density at radius 1 is 1.09 bits per heavy atom. The van der Waals surface area contributed by atoms with E-state index in [1.165, 1.54) is 37.0 Å². The second-order valence-corrected chi connectivity index (χ2v) is 8.76. The Balaban J connectivity index is 1.77. The molecule has 0 aliphatic heterocycles. The number of rotatable bonds is 3. The average molecular weight is 313 g/mol. The first kappa shape index (κ1) is 15.9. The minimum absolute atomic E-state index is 0.383. The van der Waals surface area contributed by atoms with Gasteiger partial charge in [0, 0.05) is 4.90 Å². The van der Waals surface area contributed by atoms with E-state index < -0.39 is 0 Å². The molecule has 1 aromatic rings. The van der Waals surface area contributed by atoms with E-state index in [-0.39, 0.29) is 0 Å². The van der Waals surface area contributed by atoms with Gasteiger partial charge < -0.3 is 0 Å². The van der Waals surface area contributed by atoms with Crippen LogP contribution in [0.15, 0.2) is 58.4 Å². The number of hydrogen-bond donors (Lipinski definition) is 0. The number of benzene rings is 1. The molecule has 1 heteroatoms. The molecule has 2 atom stereocenters. The molecular weight excluding hydrogens is 284 g/mol. The van der Waals surface area contributed by atoms with Crippen LogP contribution in [-0.4, -0.2) is 0 Å². The minimum atomic E-state index is 0.383. The van der Waals surface area contributed by atoms with Crippen molar-refractivity contribution in [1.82, 2.24) is 0 Å². The van der Waals surface area contributed by atoms with Crippen LogP contribution in [0.4, 0.5) is 0 Å². The van der Waals surface area contributed by atoms with Gasteiger partial charge in [0.15, 0.2) is 0 Å². The van der Waals surface area contributed by atoms with E-state index in [0.29, 0.717) is 10.8 Å². The van der Waals surface area contributed by atoms with Crippen LogP contribution >= 0.6 is 11.8 Å². The third-order valence-electron chi connectivity index (χ3n) is 5.90. The van der Waals surface area contributed by atoms with Gasteiger partial charge in [-0.15, -0.1) is 0 Å². The Labute approximate surface area is 140 Å². The second kappa shape index (κ2) is 6.28. The van der Waals surface area contributed by atoms with Crippen molar-refractivity contribution in [3.8, 4) is 0 Å². The van der Waals surface area contributed by atoms with Crippen LogP contribution in [0.25, 0.3) is 0 Å². The molecule has 0 aromatic heterocycles. The number of fused-ring (bicyclic) bond motifs is 1. The Hall–Kier alpha value is -0.950. The number of hydrogen-bond acceptors (Lipinski definition) is 1. The fraction of sp³-hybridized carbons (Fsp3) is 0.524. The van der Waals surface area contributed by atoms with E-state index in [9.17, 15) is 0 Å². The first-order valence-electron chi connectivity index (χ1n) is 8.61. The molecule has 1 aromatic carbocycles. The fourth-order valence-corrected chi connectivity index (χ4v) is 5.45. The van der Waals surface area contributed by atoms with Crippen LogP contribution in [0.5, 0.6) is 0 Å². The van der Waals surface area contributed by atoms with Crippen LogP contribution in [0.3, 0.4) is 0 Å². The van der Waals surface area contributed by atoms with E-state index >= 15 is 0 Å². The quantitative estimate of drug-likeness (QED) is 0.550. The van der Waals surface area contributed by atoms with Gasteiger partial charge in [-0.25, -0.2) is 0 Å². The molecule has 0 saturated heterocycles. The zero-order chi connectivity index (χ0) is 15.6. The van der Waals surface area contributed by atoms with E-state index in [0.717, 1.165) is 5.92 Å². The second-order valence-electron chi connectivity index (χ2n) is 7.78. The van der Waals surface area contributed by atoms with Gasteiger partial charge in [0.25, 0.3) is 0 Å². The molecule has 0 heterocycles. The summed E-state index contributed by atoms with van der Waals surface area (Å²) in [5, 5.41) is 2.29.